The fraction of sp³-hybridized carbons (Fsp3) is 0.263. The van der Waals surface area contributed by atoms with Gasteiger partial charge in [-0.1, -0.05) is 23.7 Å². The van der Waals surface area contributed by atoms with Gasteiger partial charge in [0.1, 0.15) is 5.75 Å². The lowest BCUT2D eigenvalue weighted by Gasteiger charge is -2.20. The predicted octanol–water partition coefficient (Wildman–Crippen LogP) is 3.65. The molecule has 0 radical (unpaired) electrons. The van der Waals surface area contributed by atoms with Gasteiger partial charge in [0.25, 0.3) is 0 Å². The first kappa shape index (κ1) is 17.3. The highest BCUT2D eigenvalue weighted by molar-refractivity contribution is 6.31. The Bertz CT molecular complexity index is 822. The number of rotatable bonds is 4. The molecular formula is C19H19ClN2O3. The molecule has 0 bridgehead atoms. The molecule has 130 valence electrons. The minimum atomic E-state index is -0.420. The Balaban J connectivity index is 1.76. The highest BCUT2D eigenvalue weighted by Gasteiger charge is 2.36. The molecule has 0 unspecified atom stereocenters. The first-order chi connectivity index (χ1) is 12.0. The van der Waals surface area contributed by atoms with E-state index in [-0.39, 0.29) is 18.2 Å². The van der Waals surface area contributed by atoms with E-state index in [1.54, 1.807) is 23.1 Å². The number of carbonyl (C=O) groups is 2. The number of halogens is 1. The summed E-state index contributed by atoms with van der Waals surface area (Å²) in [5, 5.41) is 3.39. The van der Waals surface area contributed by atoms with E-state index in [9.17, 15) is 9.59 Å². The number of hydrogen-bond donors (Lipinski definition) is 1. The van der Waals surface area contributed by atoms with Gasteiger partial charge in [0, 0.05) is 23.7 Å². The number of benzene rings is 2. The van der Waals surface area contributed by atoms with Crippen LogP contribution in [-0.4, -0.2) is 25.5 Å². The average molecular weight is 359 g/mol. The largest absolute Gasteiger partial charge is 0.495 e. The van der Waals surface area contributed by atoms with Crippen molar-refractivity contribution in [3.8, 4) is 5.75 Å². The van der Waals surface area contributed by atoms with Gasteiger partial charge < -0.3 is 15.0 Å². The van der Waals surface area contributed by atoms with E-state index < -0.39 is 5.92 Å². The molecular weight excluding hydrogens is 340 g/mol. The Morgan fingerprint density at radius 3 is 2.80 bits per heavy atom. The zero-order chi connectivity index (χ0) is 18.0. The fourth-order valence-electron chi connectivity index (χ4n) is 2.96. The van der Waals surface area contributed by atoms with Crippen molar-refractivity contribution in [1.29, 1.82) is 0 Å². The van der Waals surface area contributed by atoms with Crippen LogP contribution in [0.5, 0.6) is 5.75 Å². The Kier molecular flexibility index (Phi) is 4.95. The lowest BCUT2D eigenvalue weighted by Crippen LogP contribution is -2.28. The lowest BCUT2D eigenvalue weighted by molar-refractivity contribution is -0.122. The number of methoxy groups -OCH3 is 1. The van der Waals surface area contributed by atoms with Gasteiger partial charge in [0.05, 0.1) is 18.7 Å². The van der Waals surface area contributed by atoms with Gasteiger partial charge in [-0.15, -0.1) is 0 Å². The van der Waals surface area contributed by atoms with Crippen LogP contribution in [0.2, 0.25) is 5.02 Å². The molecule has 1 N–H and O–H groups in total. The molecule has 2 amide bonds. The summed E-state index contributed by atoms with van der Waals surface area (Å²) in [5.41, 5.74) is 2.38. The van der Waals surface area contributed by atoms with Crippen LogP contribution < -0.4 is 15.0 Å². The summed E-state index contributed by atoms with van der Waals surface area (Å²) in [7, 11) is 1.54. The van der Waals surface area contributed by atoms with Crippen molar-refractivity contribution >= 4 is 34.8 Å². The first-order valence-electron chi connectivity index (χ1n) is 7.99. The standard InChI is InChI=1S/C19H19ClN2O3/c1-12-4-3-5-15(8-12)21-19(24)13-9-18(23)22(11-13)16-10-14(20)6-7-17(16)25-2/h3-8,10,13H,9,11H2,1-2H3,(H,21,24)/t13-/m1/s1. The molecule has 1 aliphatic rings. The van der Waals surface area contributed by atoms with Gasteiger partial charge in [-0.3, -0.25) is 9.59 Å². The molecule has 1 saturated heterocycles. The van der Waals surface area contributed by atoms with Crippen molar-refractivity contribution in [2.75, 3.05) is 23.9 Å². The topological polar surface area (TPSA) is 58.6 Å². The molecule has 2 aromatic carbocycles. The van der Waals surface area contributed by atoms with Gasteiger partial charge in [0.15, 0.2) is 0 Å². The van der Waals surface area contributed by atoms with E-state index in [4.69, 9.17) is 16.3 Å². The van der Waals surface area contributed by atoms with Crippen molar-refractivity contribution in [1.82, 2.24) is 0 Å². The summed E-state index contributed by atoms with van der Waals surface area (Å²) in [6, 6.07) is 12.7. The Hall–Kier alpha value is -2.53. The second kappa shape index (κ2) is 7.15. The smallest absolute Gasteiger partial charge is 0.229 e. The molecule has 25 heavy (non-hydrogen) atoms. The van der Waals surface area contributed by atoms with E-state index in [2.05, 4.69) is 5.32 Å². The summed E-state index contributed by atoms with van der Waals surface area (Å²) in [6.07, 6.45) is 0.160. The van der Waals surface area contributed by atoms with Crippen molar-refractivity contribution in [2.24, 2.45) is 5.92 Å². The lowest BCUT2D eigenvalue weighted by atomic mass is 10.1. The maximum Gasteiger partial charge on any atom is 0.229 e. The molecule has 1 aliphatic heterocycles. The first-order valence-corrected chi connectivity index (χ1v) is 8.37. The van der Waals surface area contributed by atoms with Crippen LogP contribution in [0.4, 0.5) is 11.4 Å². The second-order valence-electron chi connectivity index (χ2n) is 6.08. The molecule has 1 heterocycles. The number of carbonyl (C=O) groups excluding carboxylic acids is 2. The van der Waals surface area contributed by atoms with Crippen LogP contribution in [0, 0.1) is 12.8 Å². The van der Waals surface area contributed by atoms with Crippen LogP contribution in [0.25, 0.3) is 0 Å². The molecule has 1 atom stereocenters. The Morgan fingerprint density at radius 1 is 1.28 bits per heavy atom. The summed E-state index contributed by atoms with van der Waals surface area (Å²) < 4.78 is 5.31. The third kappa shape index (κ3) is 3.77. The van der Waals surface area contributed by atoms with Gasteiger partial charge >= 0.3 is 0 Å². The fourth-order valence-corrected chi connectivity index (χ4v) is 3.12. The van der Waals surface area contributed by atoms with Crippen LogP contribution in [0.15, 0.2) is 42.5 Å². The Labute approximate surface area is 151 Å². The van der Waals surface area contributed by atoms with Crippen LogP contribution in [-0.2, 0) is 9.59 Å². The van der Waals surface area contributed by atoms with Gasteiger partial charge in [-0.05, 0) is 42.8 Å². The second-order valence-corrected chi connectivity index (χ2v) is 6.52. The highest BCUT2D eigenvalue weighted by atomic mass is 35.5. The number of nitrogens with zero attached hydrogens (tertiary/aromatic N) is 1. The van der Waals surface area contributed by atoms with E-state index >= 15 is 0 Å². The van der Waals surface area contributed by atoms with Crippen molar-refractivity contribution in [3.05, 3.63) is 53.1 Å². The highest BCUT2D eigenvalue weighted by Crippen LogP contribution is 2.35. The minimum absolute atomic E-state index is 0.120. The minimum Gasteiger partial charge on any atom is -0.495 e. The number of ether oxygens (including phenoxy) is 1. The number of aryl methyl sites for hydroxylation is 1. The quantitative estimate of drug-likeness (QED) is 0.907. The third-order valence-corrected chi connectivity index (χ3v) is 4.45. The van der Waals surface area contributed by atoms with E-state index in [0.717, 1.165) is 11.3 Å². The predicted molar refractivity (Wildman–Crippen MR) is 98.3 cm³/mol. The van der Waals surface area contributed by atoms with Gasteiger partial charge in [0.2, 0.25) is 11.8 Å². The number of amides is 2. The zero-order valence-corrected chi connectivity index (χ0v) is 14.8. The van der Waals surface area contributed by atoms with E-state index in [1.807, 2.05) is 31.2 Å². The normalized spacial score (nSPS) is 16.8. The maximum atomic E-state index is 12.5. The SMILES string of the molecule is COc1ccc(Cl)cc1N1C[C@H](C(=O)Nc2cccc(C)c2)CC1=O. The monoisotopic (exact) mass is 358 g/mol. The van der Waals surface area contributed by atoms with Crippen LogP contribution >= 0.6 is 11.6 Å². The number of hydrogen-bond acceptors (Lipinski definition) is 3. The summed E-state index contributed by atoms with van der Waals surface area (Å²) in [6.45, 7) is 2.26. The molecule has 0 aromatic heterocycles. The molecule has 0 saturated carbocycles. The maximum absolute atomic E-state index is 12.5. The van der Waals surface area contributed by atoms with Crippen LogP contribution in [0.3, 0.4) is 0 Å². The van der Waals surface area contributed by atoms with E-state index in [0.29, 0.717) is 23.0 Å². The molecule has 5 nitrogen and oxygen atoms in total. The molecule has 1 fully saturated rings. The summed E-state index contributed by atoms with van der Waals surface area (Å²) in [5.74, 6) is -0.151. The molecule has 3 rings (SSSR count). The summed E-state index contributed by atoms with van der Waals surface area (Å²) >= 11 is 6.05. The molecule has 2 aromatic rings. The van der Waals surface area contributed by atoms with Crippen LogP contribution in [0.1, 0.15) is 12.0 Å². The van der Waals surface area contributed by atoms with Crippen molar-refractivity contribution in [2.45, 2.75) is 13.3 Å². The molecule has 0 aliphatic carbocycles. The van der Waals surface area contributed by atoms with E-state index in [1.165, 1.54) is 7.11 Å². The summed E-state index contributed by atoms with van der Waals surface area (Å²) in [4.78, 5) is 26.5. The number of nitrogens with one attached hydrogen (secondary N) is 1. The molecule has 0 spiro atoms. The average Bonchev–Trinajstić information content (AvgIpc) is 2.96. The Morgan fingerprint density at radius 2 is 2.08 bits per heavy atom. The van der Waals surface area contributed by atoms with Gasteiger partial charge in [-0.2, -0.15) is 0 Å². The molecule has 6 heteroatoms. The van der Waals surface area contributed by atoms with Crippen molar-refractivity contribution < 1.29 is 14.3 Å². The number of anilines is 2. The zero-order valence-electron chi connectivity index (χ0n) is 14.1. The third-order valence-electron chi connectivity index (χ3n) is 4.21. The van der Waals surface area contributed by atoms with Gasteiger partial charge in [-0.25, -0.2) is 0 Å². The van der Waals surface area contributed by atoms with Crippen molar-refractivity contribution in [3.63, 3.8) is 0 Å².